The van der Waals surface area contributed by atoms with Gasteiger partial charge in [0, 0.05) is 22.5 Å². The van der Waals surface area contributed by atoms with Crippen LogP contribution in [0.25, 0.3) is 0 Å². The van der Waals surface area contributed by atoms with Crippen LogP contribution in [0.2, 0.25) is 0 Å². The molecule has 0 heterocycles. The number of anilines is 1. The number of nitrogens with two attached hydrogens (primary N) is 1. The number of hydrogen-bond donors (Lipinski definition) is 2. The van der Waals surface area contributed by atoms with Gasteiger partial charge in [-0.15, -0.1) is 0 Å². The monoisotopic (exact) mass is 298 g/mol. The summed E-state index contributed by atoms with van der Waals surface area (Å²) in [7, 11) is 0. The van der Waals surface area contributed by atoms with Crippen LogP contribution in [0.4, 0.5) is 10.1 Å². The highest BCUT2D eigenvalue weighted by Gasteiger charge is 2.21. The number of thiocarbonyl (C=S) groups is 1. The van der Waals surface area contributed by atoms with Gasteiger partial charge in [-0.3, -0.25) is 0 Å². The average molecular weight is 298 g/mol. The molecule has 1 aliphatic carbocycles. The van der Waals surface area contributed by atoms with Crippen molar-refractivity contribution in [3.8, 4) is 0 Å². The van der Waals surface area contributed by atoms with Gasteiger partial charge in [0.25, 0.3) is 0 Å². The molecular formula is C14H19FN2S2. The van der Waals surface area contributed by atoms with Gasteiger partial charge in [-0.25, -0.2) is 4.39 Å². The van der Waals surface area contributed by atoms with Gasteiger partial charge in [0.2, 0.25) is 0 Å². The largest absolute Gasteiger partial charge is 0.389 e. The highest BCUT2D eigenvalue weighted by atomic mass is 32.2. The van der Waals surface area contributed by atoms with Crippen molar-refractivity contribution in [2.45, 2.75) is 37.0 Å². The number of rotatable bonds is 4. The molecule has 0 spiro atoms. The fourth-order valence-corrected chi connectivity index (χ4v) is 3.42. The van der Waals surface area contributed by atoms with Crippen molar-refractivity contribution < 1.29 is 4.39 Å². The minimum Gasteiger partial charge on any atom is -0.389 e. The predicted molar refractivity (Wildman–Crippen MR) is 85.5 cm³/mol. The molecule has 2 rings (SSSR count). The first kappa shape index (κ1) is 14.6. The molecule has 19 heavy (non-hydrogen) atoms. The van der Waals surface area contributed by atoms with Gasteiger partial charge in [-0.1, -0.05) is 12.2 Å². The Morgan fingerprint density at radius 3 is 2.63 bits per heavy atom. The summed E-state index contributed by atoms with van der Waals surface area (Å²) in [6.07, 6.45) is 6.90. The molecule has 1 fully saturated rings. The average Bonchev–Trinajstić information content (AvgIpc) is 2.41. The highest BCUT2D eigenvalue weighted by molar-refractivity contribution is 7.99. The first-order chi connectivity index (χ1) is 9.10. The minimum atomic E-state index is -0.306. The lowest BCUT2D eigenvalue weighted by Gasteiger charge is -2.29. The van der Waals surface area contributed by atoms with E-state index < -0.39 is 0 Å². The molecule has 0 amide bonds. The molecule has 0 unspecified atom stereocenters. The molecule has 0 radical (unpaired) electrons. The summed E-state index contributed by atoms with van der Waals surface area (Å²) in [5, 5.41) is 4.24. The van der Waals surface area contributed by atoms with Gasteiger partial charge in [-0.05, 0) is 50.1 Å². The predicted octanol–water partition coefficient (Wildman–Crippen LogP) is 3.55. The van der Waals surface area contributed by atoms with Crippen LogP contribution in [0.5, 0.6) is 0 Å². The maximum Gasteiger partial charge on any atom is 0.124 e. The van der Waals surface area contributed by atoms with Gasteiger partial charge in [0.15, 0.2) is 0 Å². The Hall–Kier alpha value is -0.810. The molecule has 0 atom stereocenters. The van der Waals surface area contributed by atoms with Crippen molar-refractivity contribution in [1.29, 1.82) is 0 Å². The lowest BCUT2D eigenvalue weighted by atomic mass is 9.94. The topological polar surface area (TPSA) is 38.0 Å². The van der Waals surface area contributed by atoms with E-state index in [0.717, 1.165) is 23.8 Å². The number of nitrogens with one attached hydrogen (secondary N) is 1. The smallest absolute Gasteiger partial charge is 0.124 e. The second kappa shape index (κ2) is 6.57. The molecule has 0 aliphatic heterocycles. The van der Waals surface area contributed by atoms with Crippen LogP contribution in [-0.2, 0) is 0 Å². The third kappa shape index (κ3) is 3.83. The molecule has 3 N–H and O–H groups in total. The van der Waals surface area contributed by atoms with Crippen molar-refractivity contribution in [2.75, 3.05) is 11.6 Å². The quantitative estimate of drug-likeness (QED) is 0.834. The third-order valence-electron chi connectivity index (χ3n) is 3.61. The van der Waals surface area contributed by atoms with Crippen molar-refractivity contribution in [3.63, 3.8) is 0 Å². The lowest BCUT2D eigenvalue weighted by Crippen LogP contribution is -2.28. The van der Waals surface area contributed by atoms with Crippen LogP contribution in [0, 0.1) is 5.82 Å². The van der Waals surface area contributed by atoms with Crippen LogP contribution < -0.4 is 11.1 Å². The van der Waals surface area contributed by atoms with E-state index in [1.54, 1.807) is 6.07 Å². The number of benzene rings is 1. The molecule has 1 aliphatic rings. The fraction of sp³-hybridized carbons (Fsp3) is 0.500. The van der Waals surface area contributed by atoms with Crippen LogP contribution in [0.3, 0.4) is 0 Å². The van der Waals surface area contributed by atoms with Crippen molar-refractivity contribution >= 4 is 34.7 Å². The maximum absolute atomic E-state index is 13.2. The van der Waals surface area contributed by atoms with Gasteiger partial charge in [0.1, 0.15) is 10.8 Å². The van der Waals surface area contributed by atoms with Crippen LogP contribution in [0.15, 0.2) is 18.2 Å². The highest BCUT2D eigenvalue weighted by Crippen LogP contribution is 2.29. The molecular weight excluding hydrogens is 279 g/mol. The van der Waals surface area contributed by atoms with E-state index >= 15 is 0 Å². The zero-order chi connectivity index (χ0) is 13.8. The summed E-state index contributed by atoms with van der Waals surface area (Å²) in [6.45, 7) is 0. The fourth-order valence-electron chi connectivity index (χ4n) is 2.51. The molecule has 104 valence electrons. The summed E-state index contributed by atoms with van der Waals surface area (Å²) < 4.78 is 13.2. The summed E-state index contributed by atoms with van der Waals surface area (Å²) in [6, 6.07) is 5.00. The standard InChI is InChI=1S/C14H19FN2S2/c1-19-11-5-3-10(4-6-11)17-13-7-2-9(15)8-12(13)14(16)18/h2,7-8,10-11,17H,3-6H2,1H3,(H2,16,18). The van der Waals surface area contributed by atoms with E-state index in [0.29, 0.717) is 11.6 Å². The summed E-state index contributed by atoms with van der Waals surface area (Å²) in [5.74, 6) is -0.306. The van der Waals surface area contributed by atoms with Gasteiger partial charge >= 0.3 is 0 Å². The van der Waals surface area contributed by atoms with Gasteiger partial charge in [0.05, 0.1) is 0 Å². The van der Waals surface area contributed by atoms with E-state index in [-0.39, 0.29) is 10.8 Å². The Bertz CT molecular complexity index is 457. The molecule has 0 bridgehead atoms. The summed E-state index contributed by atoms with van der Waals surface area (Å²) >= 11 is 6.93. The number of thioether (sulfide) groups is 1. The number of halogens is 1. The molecule has 2 nitrogen and oxygen atoms in total. The van der Waals surface area contributed by atoms with Gasteiger partial charge < -0.3 is 11.1 Å². The molecule has 1 saturated carbocycles. The Morgan fingerprint density at radius 2 is 2.05 bits per heavy atom. The zero-order valence-electron chi connectivity index (χ0n) is 11.0. The molecule has 5 heteroatoms. The van der Waals surface area contributed by atoms with E-state index in [9.17, 15) is 4.39 Å². The van der Waals surface area contributed by atoms with E-state index in [1.807, 2.05) is 11.8 Å². The number of hydrogen-bond acceptors (Lipinski definition) is 3. The zero-order valence-corrected chi connectivity index (χ0v) is 12.6. The summed E-state index contributed by atoms with van der Waals surface area (Å²) in [5.41, 5.74) is 7.10. The normalized spacial score (nSPS) is 23.1. The van der Waals surface area contributed by atoms with E-state index in [4.69, 9.17) is 18.0 Å². The Balaban J connectivity index is 2.05. The van der Waals surface area contributed by atoms with E-state index in [2.05, 4.69) is 11.6 Å². The third-order valence-corrected chi connectivity index (χ3v) is 4.97. The van der Waals surface area contributed by atoms with Crippen molar-refractivity contribution in [1.82, 2.24) is 0 Å². The molecule has 1 aromatic rings. The van der Waals surface area contributed by atoms with Crippen LogP contribution in [0.1, 0.15) is 31.2 Å². The van der Waals surface area contributed by atoms with E-state index in [1.165, 1.54) is 25.0 Å². The Morgan fingerprint density at radius 1 is 1.37 bits per heavy atom. The van der Waals surface area contributed by atoms with Crippen molar-refractivity contribution in [2.24, 2.45) is 5.73 Å². The first-order valence-electron chi connectivity index (χ1n) is 6.49. The van der Waals surface area contributed by atoms with Crippen LogP contribution in [-0.4, -0.2) is 22.5 Å². The second-order valence-corrected chi connectivity index (χ2v) is 6.49. The maximum atomic E-state index is 13.2. The molecule has 1 aromatic carbocycles. The second-order valence-electron chi connectivity index (χ2n) is 4.91. The molecule has 0 saturated heterocycles. The Kier molecular flexibility index (Phi) is 5.05. The Labute approximate surface area is 123 Å². The SMILES string of the molecule is CSC1CCC(Nc2ccc(F)cc2C(N)=S)CC1. The first-order valence-corrected chi connectivity index (χ1v) is 8.18. The van der Waals surface area contributed by atoms with Gasteiger partial charge in [-0.2, -0.15) is 11.8 Å². The molecule has 0 aromatic heterocycles. The minimum absolute atomic E-state index is 0.236. The lowest BCUT2D eigenvalue weighted by molar-refractivity contribution is 0.473. The van der Waals surface area contributed by atoms with Crippen molar-refractivity contribution in [3.05, 3.63) is 29.6 Å². The summed E-state index contributed by atoms with van der Waals surface area (Å²) in [4.78, 5) is 0.236. The van der Waals surface area contributed by atoms with Crippen LogP contribution >= 0.6 is 24.0 Å².